The Kier molecular flexibility index (Phi) is 1.76. The molecule has 0 spiro atoms. The molecule has 0 aromatic heterocycles. The normalized spacial score (nSPS) is 32.2. The molecular weight excluding hydrogens is 126 g/mol. The first-order valence-corrected chi connectivity index (χ1v) is 3.70. The van der Waals surface area contributed by atoms with E-state index in [1.807, 2.05) is 6.92 Å². The lowest BCUT2D eigenvalue weighted by atomic mass is 9.84. The number of nitrogens with zero attached hydrogens (tertiary/aromatic N) is 1. The molecule has 0 N–H and O–H groups in total. The molecule has 1 fully saturated rings. The van der Waals surface area contributed by atoms with Crippen LogP contribution >= 0.6 is 0 Å². The van der Waals surface area contributed by atoms with E-state index in [2.05, 4.69) is 6.07 Å². The lowest BCUT2D eigenvalue weighted by molar-refractivity contribution is -0.123. The third-order valence-electron chi connectivity index (χ3n) is 2.36. The Morgan fingerprint density at radius 2 is 2.50 bits per heavy atom. The molecule has 0 aromatic carbocycles. The minimum Gasteiger partial charge on any atom is -0.298 e. The number of ketones is 1. The second-order valence-electron chi connectivity index (χ2n) is 2.82. The SMILES string of the molecule is CC[C@@]1(C#N)CCCC1=O. The molecule has 1 atom stereocenters. The lowest BCUT2D eigenvalue weighted by Crippen LogP contribution is -2.21. The fraction of sp³-hybridized carbons (Fsp3) is 0.750. The van der Waals surface area contributed by atoms with Crippen LogP contribution in [-0.2, 0) is 4.79 Å². The Hall–Kier alpha value is -0.840. The molecule has 2 nitrogen and oxygen atoms in total. The van der Waals surface area contributed by atoms with Gasteiger partial charge in [-0.1, -0.05) is 6.92 Å². The van der Waals surface area contributed by atoms with Gasteiger partial charge < -0.3 is 0 Å². The second kappa shape index (κ2) is 2.42. The summed E-state index contributed by atoms with van der Waals surface area (Å²) in [5, 5.41) is 8.72. The fourth-order valence-electron chi connectivity index (χ4n) is 1.50. The molecule has 0 radical (unpaired) electrons. The highest BCUT2D eigenvalue weighted by atomic mass is 16.1. The molecule has 54 valence electrons. The van der Waals surface area contributed by atoms with Gasteiger partial charge in [0.25, 0.3) is 0 Å². The van der Waals surface area contributed by atoms with E-state index >= 15 is 0 Å². The topological polar surface area (TPSA) is 40.9 Å². The standard InChI is InChI=1S/C8H11NO/c1-2-8(6-9)5-3-4-7(8)10/h2-5H2,1H3/t8-/m0/s1. The van der Waals surface area contributed by atoms with Gasteiger partial charge in [-0.05, 0) is 19.3 Å². The highest BCUT2D eigenvalue weighted by Gasteiger charge is 2.40. The Labute approximate surface area is 60.8 Å². The van der Waals surface area contributed by atoms with Gasteiger partial charge in [0.05, 0.1) is 6.07 Å². The van der Waals surface area contributed by atoms with Crippen LogP contribution in [0.4, 0.5) is 0 Å². The maximum Gasteiger partial charge on any atom is 0.153 e. The van der Waals surface area contributed by atoms with Crippen molar-refractivity contribution in [2.75, 3.05) is 0 Å². The molecule has 1 aliphatic carbocycles. The fourth-order valence-corrected chi connectivity index (χ4v) is 1.50. The van der Waals surface area contributed by atoms with E-state index in [4.69, 9.17) is 5.26 Å². The average Bonchev–Trinajstić information content (AvgIpc) is 2.32. The summed E-state index contributed by atoms with van der Waals surface area (Å²) in [4.78, 5) is 11.1. The van der Waals surface area contributed by atoms with Gasteiger partial charge in [-0.2, -0.15) is 5.26 Å². The van der Waals surface area contributed by atoms with Gasteiger partial charge in [-0.25, -0.2) is 0 Å². The quantitative estimate of drug-likeness (QED) is 0.551. The van der Waals surface area contributed by atoms with Gasteiger partial charge in [-0.15, -0.1) is 0 Å². The monoisotopic (exact) mass is 137 g/mol. The second-order valence-corrected chi connectivity index (χ2v) is 2.82. The zero-order valence-corrected chi connectivity index (χ0v) is 6.18. The molecule has 1 saturated carbocycles. The summed E-state index contributed by atoms with van der Waals surface area (Å²) in [6.45, 7) is 1.91. The maximum absolute atomic E-state index is 11.1. The summed E-state index contributed by atoms with van der Waals surface area (Å²) < 4.78 is 0. The van der Waals surface area contributed by atoms with Gasteiger partial charge in [0.2, 0.25) is 0 Å². The zero-order valence-electron chi connectivity index (χ0n) is 6.18. The molecule has 0 saturated heterocycles. The molecule has 1 aliphatic rings. The number of nitriles is 1. The number of Topliss-reactive ketones (excluding diaryl/α,β-unsaturated/α-hetero) is 1. The summed E-state index contributed by atoms with van der Waals surface area (Å²) in [6, 6.07) is 2.13. The van der Waals surface area contributed by atoms with Crippen molar-refractivity contribution >= 4 is 5.78 Å². The predicted octanol–water partition coefficient (Wildman–Crippen LogP) is 1.66. The third kappa shape index (κ3) is 0.824. The highest BCUT2D eigenvalue weighted by Crippen LogP contribution is 2.36. The van der Waals surface area contributed by atoms with Crippen molar-refractivity contribution < 1.29 is 4.79 Å². The van der Waals surface area contributed by atoms with Crippen molar-refractivity contribution in [2.45, 2.75) is 32.6 Å². The van der Waals surface area contributed by atoms with Gasteiger partial charge in [0.15, 0.2) is 5.78 Å². The number of carbonyl (C=O) groups excluding carboxylic acids is 1. The first-order chi connectivity index (χ1) is 4.75. The highest BCUT2D eigenvalue weighted by molar-refractivity contribution is 5.89. The Morgan fingerprint density at radius 3 is 2.70 bits per heavy atom. The molecule has 0 amide bonds. The first-order valence-electron chi connectivity index (χ1n) is 3.70. The summed E-state index contributed by atoms with van der Waals surface area (Å²) >= 11 is 0. The molecule has 0 bridgehead atoms. The van der Waals surface area contributed by atoms with E-state index in [0.29, 0.717) is 12.8 Å². The van der Waals surface area contributed by atoms with E-state index in [1.165, 1.54) is 0 Å². The summed E-state index contributed by atoms with van der Waals surface area (Å²) in [5.74, 6) is 0.150. The van der Waals surface area contributed by atoms with Crippen LogP contribution in [0.15, 0.2) is 0 Å². The molecule has 0 heterocycles. The molecule has 10 heavy (non-hydrogen) atoms. The van der Waals surface area contributed by atoms with Gasteiger partial charge >= 0.3 is 0 Å². The van der Waals surface area contributed by atoms with E-state index in [0.717, 1.165) is 12.8 Å². The Balaban J connectivity index is 2.84. The number of hydrogen-bond acceptors (Lipinski definition) is 2. The van der Waals surface area contributed by atoms with Crippen LogP contribution in [0, 0.1) is 16.7 Å². The number of carbonyl (C=O) groups is 1. The molecule has 2 heteroatoms. The van der Waals surface area contributed by atoms with Crippen molar-refractivity contribution in [1.29, 1.82) is 5.26 Å². The van der Waals surface area contributed by atoms with E-state index in [-0.39, 0.29) is 5.78 Å². The maximum atomic E-state index is 11.1. The van der Waals surface area contributed by atoms with Crippen LogP contribution in [0.1, 0.15) is 32.6 Å². The summed E-state index contributed by atoms with van der Waals surface area (Å²) in [6.07, 6.45) is 2.97. The van der Waals surface area contributed by atoms with Crippen LogP contribution < -0.4 is 0 Å². The average molecular weight is 137 g/mol. The Bertz CT molecular complexity index is 192. The molecule has 1 rings (SSSR count). The zero-order chi connectivity index (χ0) is 7.61. The van der Waals surface area contributed by atoms with Gasteiger partial charge in [-0.3, -0.25) is 4.79 Å². The van der Waals surface area contributed by atoms with Crippen molar-refractivity contribution in [2.24, 2.45) is 5.41 Å². The number of rotatable bonds is 1. The molecular formula is C8H11NO. The van der Waals surface area contributed by atoms with Gasteiger partial charge in [0.1, 0.15) is 5.41 Å². The molecule has 0 aliphatic heterocycles. The summed E-state index contributed by atoms with van der Waals surface area (Å²) in [7, 11) is 0. The van der Waals surface area contributed by atoms with Crippen LogP contribution in [0.2, 0.25) is 0 Å². The minimum absolute atomic E-state index is 0.150. The van der Waals surface area contributed by atoms with Crippen molar-refractivity contribution in [3.63, 3.8) is 0 Å². The third-order valence-corrected chi connectivity index (χ3v) is 2.36. The molecule has 0 unspecified atom stereocenters. The van der Waals surface area contributed by atoms with Gasteiger partial charge in [0, 0.05) is 6.42 Å². The van der Waals surface area contributed by atoms with E-state index < -0.39 is 5.41 Å². The largest absolute Gasteiger partial charge is 0.298 e. The van der Waals surface area contributed by atoms with E-state index in [9.17, 15) is 4.79 Å². The van der Waals surface area contributed by atoms with Crippen LogP contribution in [0.3, 0.4) is 0 Å². The smallest absolute Gasteiger partial charge is 0.153 e. The van der Waals surface area contributed by atoms with E-state index in [1.54, 1.807) is 0 Å². The van der Waals surface area contributed by atoms with Crippen LogP contribution in [0.5, 0.6) is 0 Å². The van der Waals surface area contributed by atoms with Crippen molar-refractivity contribution in [3.8, 4) is 6.07 Å². The van der Waals surface area contributed by atoms with Crippen molar-refractivity contribution in [1.82, 2.24) is 0 Å². The Morgan fingerprint density at radius 1 is 1.80 bits per heavy atom. The van der Waals surface area contributed by atoms with Crippen LogP contribution in [-0.4, -0.2) is 5.78 Å². The first kappa shape index (κ1) is 7.27. The predicted molar refractivity (Wildman–Crippen MR) is 37.2 cm³/mol. The van der Waals surface area contributed by atoms with Crippen LogP contribution in [0.25, 0.3) is 0 Å². The summed E-state index contributed by atoms with van der Waals surface area (Å²) in [5.41, 5.74) is -0.597. The lowest BCUT2D eigenvalue weighted by Gasteiger charge is -2.14. The van der Waals surface area contributed by atoms with Crippen molar-refractivity contribution in [3.05, 3.63) is 0 Å². The molecule has 0 aromatic rings. The number of hydrogen-bond donors (Lipinski definition) is 0. The minimum atomic E-state index is -0.597.